The quantitative estimate of drug-likeness (QED) is 0.843. The number of imide groups is 1. The second-order valence-corrected chi connectivity index (χ2v) is 6.55. The van der Waals surface area contributed by atoms with E-state index in [-0.39, 0.29) is 18.5 Å². The lowest BCUT2D eigenvalue weighted by molar-refractivity contribution is -0.125. The summed E-state index contributed by atoms with van der Waals surface area (Å²) in [5.41, 5.74) is 2.90. The van der Waals surface area contributed by atoms with Gasteiger partial charge in [0.25, 0.3) is 0 Å². The number of rotatable bonds is 2. The van der Waals surface area contributed by atoms with E-state index in [1.165, 1.54) is 16.0 Å². The van der Waals surface area contributed by atoms with Crippen LogP contribution in [0.1, 0.15) is 30.0 Å². The van der Waals surface area contributed by atoms with Gasteiger partial charge < -0.3 is 5.32 Å². The molecule has 4 rings (SSSR count). The Morgan fingerprint density at radius 2 is 2.05 bits per heavy atom. The monoisotopic (exact) mass is 299 g/mol. The molecule has 3 aliphatic rings. The number of hydrogen-bond acceptors (Lipinski definition) is 3. The van der Waals surface area contributed by atoms with Crippen molar-refractivity contribution < 1.29 is 9.59 Å². The highest BCUT2D eigenvalue weighted by atomic mass is 16.2. The summed E-state index contributed by atoms with van der Waals surface area (Å²) in [4.78, 5) is 27.5. The average molecular weight is 299 g/mol. The van der Waals surface area contributed by atoms with E-state index in [1.807, 2.05) is 0 Å². The number of amides is 3. The predicted molar refractivity (Wildman–Crippen MR) is 82.3 cm³/mol. The van der Waals surface area contributed by atoms with Gasteiger partial charge in [0.05, 0.1) is 6.54 Å². The molecule has 5 nitrogen and oxygen atoms in total. The Labute approximate surface area is 130 Å². The number of nitrogens with zero attached hydrogens (tertiary/aromatic N) is 2. The van der Waals surface area contributed by atoms with Gasteiger partial charge >= 0.3 is 6.03 Å². The molecule has 0 spiro atoms. The first-order valence-corrected chi connectivity index (χ1v) is 8.12. The Hall–Kier alpha value is -1.88. The molecule has 3 heterocycles. The summed E-state index contributed by atoms with van der Waals surface area (Å²) in [7, 11) is 0. The number of fused-ring (bicyclic) bond motifs is 3. The first-order chi connectivity index (χ1) is 10.7. The summed E-state index contributed by atoms with van der Waals surface area (Å²) in [5.74, 6) is 0.316. The van der Waals surface area contributed by atoms with Crippen molar-refractivity contribution in [2.75, 3.05) is 26.2 Å². The number of hydrogen-bond donors (Lipinski definition) is 1. The van der Waals surface area contributed by atoms with Crippen LogP contribution >= 0.6 is 0 Å². The Kier molecular flexibility index (Phi) is 3.37. The van der Waals surface area contributed by atoms with Gasteiger partial charge in [-0.1, -0.05) is 24.3 Å². The molecule has 1 aromatic carbocycles. The summed E-state index contributed by atoms with van der Waals surface area (Å²) in [5, 5.41) is 2.61. The fraction of sp³-hybridized carbons (Fsp3) is 0.529. The van der Waals surface area contributed by atoms with E-state index in [0.29, 0.717) is 18.5 Å². The van der Waals surface area contributed by atoms with Crippen molar-refractivity contribution in [1.82, 2.24) is 15.1 Å². The Balaban J connectivity index is 1.51. The standard InChI is InChI=1S/C17H21N3O2/c21-16-10-18-17(22)20(16)11-12-5-7-19-8-6-13-3-1-2-4-14(13)15(19)9-12/h1-4,12,15H,5-11H2,(H,18,22)/t12-,15+/m1/s1. The molecule has 3 amide bonds. The summed E-state index contributed by atoms with van der Waals surface area (Å²) >= 11 is 0. The molecule has 116 valence electrons. The van der Waals surface area contributed by atoms with Crippen LogP contribution in [0.4, 0.5) is 4.79 Å². The first-order valence-electron chi connectivity index (χ1n) is 8.12. The summed E-state index contributed by atoms with van der Waals surface area (Å²) in [6.45, 7) is 2.91. The zero-order chi connectivity index (χ0) is 15.1. The van der Waals surface area contributed by atoms with Crippen molar-refractivity contribution >= 4 is 11.9 Å². The van der Waals surface area contributed by atoms with Gasteiger partial charge in [-0.3, -0.25) is 14.6 Å². The molecular weight excluding hydrogens is 278 g/mol. The van der Waals surface area contributed by atoms with E-state index in [9.17, 15) is 9.59 Å². The van der Waals surface area contributed by atoms with E-state index in [1.54, 1.807) is 0 Å². The molecule has 0 aliphatic carbocycles. The van der Waals surface area contributed by atoms with Gasteiger partial charge in [0.2, 0.25) is 5.91 Å². The SMILES string of the molecule is O=C1CNC(=O)N1C[C@@H]1CCN2CCc3ccccc3[C@@H]2C1. The third-order valence-corrected chi connectivity index (χ3v) is 5.28. The minimum Gasteiger partial charge on any atom is -0.329 e. The highest BCUT2D eigenvalue weighted by molar-refractivity contribution is 6.01. The summed E-state index contributed by atoms with van der Waals surface area (Å²) in [6.07, 6.45) is 3.23. The first kappa shape index (κ1) is 13.8. The van der Waals surface area contributed by atoms with Crippen molar-refractivity contribution in [3.05, 3.63) is 35.4 Å². The zero-order valence-electron chi connectivity index (χ0n) is 12.6. The van der Waals surface area contributed by atoms with Gasteiger partial charge in [-0.2, -0.15) is 0 Å². The van der Waals surface area contributed by atoms with Gasteiger partial charge in [-0.15, -0.1) is 0 Å². The third kappa shape index (κ3) is 2.29. The molecule has 22 heavy (non-hydrogen) atoms. The van der Waals surface area contributed by atoms with Gasteiger partial charge in [0, 0.05) is 19.1 Å². The Morgan fingerprint density at radius 1 is 1.18 bits per heavy atom. The molecule has 2 fully saturated rings. The number of carbonyl (C=O) groups is 2. The van der Waals surface area contributed by atoms with Gasteiger partial charge in [-0.25, -0.2) is 4.79 Å². The average Bonchev–Trinajstić information content (AvgIpc) is 2.87. The predicted octanol–water partition coefficient (Wildman–Crippen LogP) is 1.55. The lowest BCUT2D eigenvalue weighted by Gasteiger charge is -2.44. The van der Waals surface area contributed by atoms with Gasteiger partial charge in [0.1, 0.15) is 0 Å². The highest BCUT2D eigenvalue weighted by Crippen LogP contribution is 2.39. The molecule has 3 aliphatic heterocycles. The van der Waals surface area contributed by atoms with Crippen molar-refractivity contribution in [3.63, 3.8) is 0 Å². The van der Waals surface area contributed by atoms with Crippen LogP contribution in [-0.2, 0) is 11.2 Å². The minimum absolute atomic E-state index is 0.0866. The number of piperidine rings is 1. The molecule has 2 saturated heterocycles. The van der Waals surface area contributed by atoms with E-state index < -0.39 is 0 Å². The molecular formula is C17H21N3O2. The van der Waals surface area contributed by atoms with Crippen LogP contribution in [0.25, 0.3) is 0 Å². The van der Waals surface area contributed by atoms with Gasteiger partial charge in [0.15, 0.2) is 0 Å². The zero-order valence-corrected chi connectivity index (χ0v) is 12.6. The van der Waals surface area contributed by atoms with E-state index in [0.717, 1.165) is 32.4 Å². The van der Waals surface area contributed by atoms with Crippen molar-refractivity contribution in [3.8, 4) is 0 Å². The fourth-order valence-corrected chi connectivity index (χ4v) is 4.09. The van der Waals surface area contributed by atoms with Crippen LogP contribution in [-0.4, -0.2) is 47.9 Å². The highest BCUT2D eigenvalue weighted by Gasteiger charge is 2.36. The largest absolute Gasteiger partial charge is 0.329 e. The third-order valence-electron chi connectivity index (χ3n) is 5.28. The molecule has 0 unspecified atom stereocenters. The number of urea groups is 1. The fourth-order valence-electron chi connectivity index (χ4n) is 4.09. The number of benzene rings is 1. The topological polar surface area (TPSA) is 52.7 Å². The second-order valence-electron chi connectivity index (χ2n) is 6.55. The van der Waals surface area contributed by atoms with Crippen LogP contribution in [0.15, 0.2) is 24.3 Å². The van der Waals surface area contributed by atoms with Gasteiger partial charge in [-0.05, 0) is 42.9 Å². The maximum absolute atomic E-state index is 11.8. The second kappa shape index (κ2) is 5.39. The van der Waals surface area contributed by atoms with Crippen molar-refractivity contribution in [2.45, 2.75) is 25.3 Å². The van der Waals surface area contributed by atoms with Crippen LogP contribution in [0.2, 0.25) is 0 Å². The maximum Gasteiger partial charge on any atom is 0.324 e. The Bertz CT molecular complexity index is 600. The van der Waals surface area contributed by atoms with Crippen LogP contribution < -0.4 is 5.32 Å². The molecule has 0 aromatic heterocycles. The molecule has 0 saturated carbocycles. The lowest BCUT2D eigenvalue weighted by Crippen LogP contribution is -2.44. The van der Waals surface area contributed by atoms with Crippen LogP contribution in [0, 0.1) is 5.92 Å². The van der Waals surface area contributed by atoms with Crippen LogP contribution in [0.5, 0.6) is 0 Å². The van der Waals surface area contributed by atoms with Crippen molar-refractivity contribution in [2.24, 2.45) is 5.92 Å². The van der Waals surface area contributed by atoms with Crippen molar-refractivity contribution in [1.29, 1.82) is 0 Å². The molecule has 1 N–H and O–H groups in total. The number of nitrogens with one attached hydrogen (secondary N) is 1. The molecule has 1 aromatic rings. The molecule has 5 heteroatoms. The summed E-state index contributed by atoms with van der Waals surface area (Å²) < 4.78 is 0. The lowest BCUT2D eigenvalue weighted by atomic mass is 9.82. The number of carbonyl (C=O) groups excluding carboxylic acids is 2. The maximum atomic E-state index is 11.8. The van der Waals surface area contributed by atoms with E-state index in [2.05, 4.69) is 34.5 Å². The smallest absolute Gasteiger partial charge is 0.324 e. The van der Waals surface area contributed by atoms with E-state index in [4.69, 9.17) is 0 Å². The molecule has 0 radical (unpaired) electrons. The minimum atomic E-state index is -0.225. The molecule has 0 bridgehead atoms. The summed E-state index contributed by atoms with van der Waals surface area (Å²) in [6, 6.07) is 8.92. The Morgan fingerprint density at radius 3 is 2.86 bits per heavy atom. The normalized spacial score (nSPS) is 28.3. The molecule has 2 atom stereocenters. The van der Waals surface area contributed by atoms with Crippen LogP contribution in [0.3, 0.4) is 0 Å². The van der Waals surface area contributed by atoms with E-state index >= 15 is 0 Å².